The Bertz CT molecular complexity index is 1980. The first-order chi connectivity index (χ1) is 22.4. The number of hydrogen-bond donors (Lipinski definition) is 0. The largest absolute Gasteiger partial charge is 0.451 e. The van der Waals surface area contributed by atoms with Crippen LogP contribution in [0, 0.1) is 10.1 Å². The van der Waals surface area contributed by atoms with Crippen molar-refractivity contribution in [3.8, 4) is 5.75 Å². The van der Waals surface area contributed by atoms with Crippen LogP contribution in [0.5, 0.6) is 5.75 Å². The number of aromatic nitrogens is 1. The molecular formula is C34H27N3O9S. The molecule has 3 heterocycles. The topological polar surface area (TPSA) is 163 Å². The summed E-state index contributed by atoms with van der Waals surface area (Å²) in [5.41, 5.74) is 0.205. The molecule has 1 amide bonds. The van der Waals surface area contributed by atoms with Crippen LogP contribution in [0.2, 0.25) is 0 Å². The minimum atomic E-state index is -4.35. The maximum Gasteiger partial charge on any atom is 0.346 e. The molecule has 2 saturated heterocycles. The number of nitrogens with zero attached hydrogens (tertiary/aromatic N) is 3. The highest BCUT2D eigenvalue weighted by Gasteiger charge is 2.71. The van der Waals surface area contributed by atoms with Gasteiger partial charge in [0.2, 0.25) is 0 Å². The maximum atomic E-state index is 14.1. The number of esters is 2. The number of benzene rings is 3. The number of nitro benzene ring substituents is 1. The maximum absolute atomic E-state index is 14.1. The van der Waals surface area contributed by atoms with E-state index >= 15 is 0 Å². The van der Waals surface area contributed by atoms with E-state index in [2.05, 4.69) is 4.98 Å². The van der Waals surface area contributed by atoms with Crippen molar-refractivity contribution in [3.63, 3.8) is 0 Å². The second kappa shape index (κ2) is 11.9. The molecule has 0 radical (unpaired) electrons. The number of non-ortho nitro benzene ring substituents is 1. The molecule has 2 aliphatic heterocycles. The van der Waals surface area contributed by atoms with Crippen molar-refractivity contribution in [3.05, 3.63) is 142 Å². The van der Waals surface area contributed by atoms with E-state index in [0.29, 0.717) is 11.1 Å². The number of carbonyl (C=O) groups excluding carboxylic acids is 3. The Morgan fingerprint density at radius 1 is 0.894 bits per heavy atom. The minimum absolute atomic E-state index is 0.0327. The van der Waals surface area contributed by atoms with E-state index < -0.39 is 66.0 Å². The molecule has 4 aromatic rings. The van der Waals surface area contributed by atoms with Crippen molar-refractivity contribution in [1.82, 2.24) is 9.88 Å². The lowest BCUT2D eigenvalue weighted by Gasteiger charge is -2.39. The van der Waals surface area contributed by atoms with Crippen molar-refractivity contribution in [2.45, 2.75) is 36.1 Å². The Kier molecular flexibility index (Phi) is 7.93. The van der Waals surface area contributed by atoms with Gasteiger partial charge >= 0.3 is 11.9 Å². The number of rotatable bonds is 8. The molecule has 238 valence electrons. The zero-order valence-electron chi connectivity index (χ0n) is 25.0. The van der Waals surface area contributed by atoms with E-state index in [1.807, 2.05) is 12.1 Å². The highest BCUT2D eigenvalue weighted by molar-refractivity contribution is 7.94. The quantitative estimate of drug-likeness (QED) is 0.0664. The SMILES string of the molecule is CC1(C)[C@H](C(=O)OC(c2ccccc2)c2ccccc2)N2C(=O)C(=C(C(=O)Oc3ccc([N+](=O)[O-])cc3)c3ccccn3)[C@H]2S1(=O)=O. The highest BCUT2D eigenvalue weighted by Crippen LogP contribution is 2.51. The Balaban J connectivity index is 1.39. The van der Waals surface area contributed by atoms with Gasteiger partial charge in [-0.15, -0.1) is 0 Å². The zero-order chi connectivity index (χ0) is 33.5. The van der Waals surface area contributed by atoms with Crippen LogP contribution in [0.25, 0.3) is 5.57 Å². The van der Waals surface area contributed by atoms with Gasteiger partial charge in [0, 0.05) is 18.3 Å². The predicted octanol–water partition coefficient (Wildman–Crippen LogP) is 4.43. The summed E-state index contributed by atoms with van der Waals surface area (Å²) in [6.45, 7) is 2.68. The molecule has 47 heavy (non-hydrogen) atoms. The molecule has 0 saturated carbocycles. The molecule has 12 nitrogen and oxygen atoms in total. The summed E-state index contributed by atoms with van der Waals surface area (Å²) in [6.07, 6.45) is 0.464. The van der Waals surface area contributed by atoms with E-state index in [-0.39, 0.29) is 17.1 Å². The van der Waals surface area contributed by atoms with Crippen LogP contribution >= 0.6 is 0 Å². The molecule has 2 fully saturated rings. The fraction of sp³-hybridized carbons (Fsp3) is 0.176. The second-order valence-electron chi connectivity index (χ2n) is 11.4. The van der Waals surface area contributed by atoms with Gasteiger partial charge in [-0.2, -0.15) is 0 Å². The molecule has 0 spiro atoms. The van der Waals surface area contributed by atoms with Gasteiger partial charge in [-0.05, 0) is 49.2 Å². The molecule has 0 bridgehead atoms. The Morgan fingerprint density at radius 3 is 2.00 bits per heavy atom. The molecule has 1 aromatic heterocycles. The number of pyridine rings is 1. The van der Waals surface area contributed by atoms with E-state index in [1.54, 1.807) is 60.7 Å². The van der Waals surface area contributed by atoms with Gasteiger partial charge < -0.3 is 14.4 Å². The number of hydrogen-bond acceptors (Lipinski definition) is 10. The third-order valence-corrected chi connectivity index (χ3v) is 11.0. The zero-order valence-corrected chi connectivity index (χ0v) is 25.9. The summed E-state index contributed by atoms with van der Waals surface area (Å²) in [5, 5.41) is 9.38. The first-order valence-corrected chi connectivity index (χ1v) is 16.0. The van der Waals surface area contributed by atoms with Crippen molar-refractivity contribution in [1.29, 1.82) is 0 Å². The first kappa shape index (κ1) is 31.3. The molecule has 0 N–H and O–H groups in total. The van der Waals surface area contributed by atoms with E-state index in [0.717, 1.165) is 17.0 Å². The smallest absolute Gasteiger partial charge is 0.346 e. The average Bonchev–Trinajstić information content (AvgIpc) is 3.21. The van der Waals surface area contributed by atoms with Crippen LogP contribution in [0.4, 0.5) is 5.69 Å². The van der Waals surface area contributed by atoms with Crippen LogP contribution in [0.1, 0.15) is 36.8 Å². The standard InChI is InChI=1S/C34H27N3O9S/c1-34(2)29(33(40)46-28(21-11-5-3-6-12-21)22-13-7-4-8-14-22)36-30(38)27(31(36)47(34,43)44)26(25-15-9-10-20-35-25)32(39)45-24-18-16-23(17-19-24)37(41)42/h3-20,28-29,31H,1-2H3/t29-,31+/m0/s1. The van der Waals surface area contributed by atoms with Crippen molar-refractivity contribution in [2.24, 2.45) is 0 Å². The molecule has 0 aliphatic carbocycles. The number of ether oxygens (including phenoxy) is 2. The first-order valence-electron chi connectivity index (χ1n) is 14.4. The van der Waals surface area contributed by atoms with E-state index in [1.165, 1.54) is 38.2 Å². The lowest BCUT2D eigenvalue weighted by molar-refractivity contribution is -0.384. The van der Waals surface area contributed by atoms with Crippen LogP contribution < -0.4 is 4.74 Å². The number of β-lactam (4-membered cyclic amide) rings is 1. The monoisotopic (exact) mass is 653 g/mol. The number of fused-ring (bicyclic) bond motifs is 1. The third kappa shape index (κ3) is 5.33. The van der Waals surface area contributed by atoms with Gasteiger partial charge in [-0.1, -0.05) is 66.7 Å². The minimum Gasteiger partial charge on any atom is -0.451 e. The fourth-order valence-electron chi connectivity index (χ4n) is 5.81. The molecule has 2 aliphatic rings. The molecule has 13 heteroatoms. The molecule has 6 rings (SSSR count). The molecular weight excluding hydrogens is 626 g/mol. The lowest BCUT2D eigenvalue weighted by atomic mass is 9.91. The van der Waals surface area contributed by atoms with Gasteiger partial charge in [-0.3, -0.25) is 19.9 Å². The Morgan fingerprint density at radius 2 is 1.47 bits per heavy atom. The van der Waals surface area contributed by atoms with E-state index in [4.69, 9.17) is 9.47 Å². The molecule has 0 unspecified atom stereocenters. The van der Waals surface area contributed by atoms with Crippen LogP contribution in [0.15, 0.2) is 115 Å². The van der Waals surface area contributed by atoms with Crippen molar-refractivity contribution < 1.29 is 37.2 Å². The number of amides is 1. The fourth-order valence-corrected chi connectivity index (χ4v) is 7.95. The van der Waals surface area contributed by atoms with Gasteiger partial charge in [0.15, 0.2) is 27.4 Å². The van der Waals surface area contributed by atoms with Gasteiger partial charge in [0.05, 0.1) is 21.8 Å². The third-order valence-electron chi connectivity index (χ3n) is 8.24. The van der Waals surface area contributed by atoms with Crippen LogP contribution in [-0.4, -0.2) is 57.2 Å². The molecule has 3 aromatic carbocycles. The van der Waals surface area contributed by atoms with Gasteiger partial charge in [0.25, 0.3) is 11.6 Å². The van der Waals surface area contributed by atoms with Gasteiger partial charge in [0.1, 0.15) is 10.5 Å². The summed E-state index contributed by atoms with van der Waals surface area (Å²) in [5.74, 6) is -2.99. The highest BCUT2D eigenvalue weighted by atomic mass is 32.2. The lowest BCUT2D eigenvalue weighted by Crippen LogP contribution is -2.60. The average molecular weight is 654 g/mol. The summed E-state index contributed by atoms with van der Waals surface area (Å²) in [6, 6.07) is 25.5. The van der Waals surface area contributed by atoms with Gasteiger partial charge in [-0.25, -0.2) is 18.0 Å². The summed E-state index contributed by atoms with van der Waals surface area (Å²) < 4.78 is 37.9. The Labute approximate surface area is 269 Å². The second-order valence-corrected chi connectivity index (χ2v) is 14.0. The summed E-state index contributed by atoms with van der Waals surface area (Å²) in [7, 11) is -4.35. The van der Waals surface area contributed by atoms with Crippen LogP contribution in [0.3, 0.4) is 0 Å². The van der Waals surface area contributed by atoms with Crippen molar-refractivity contribution in [2.75, 3.05) is 0 Å². The van der Waals surface area contributed by atoms with Crippen LogP contribution in [-0.2, 0) is 29.0 Å². The predicted molar refractivity (Wildman–Crippen MR) is 168 cm³/mol. The van der Waals surface area contributed by atoms with Crippen molar-refractivity contribution >= 4 is 38.9 Å². The number of carbonyl (C=O) groups is 3. The number of sulfone groups is 1. The molecule has 2 atom stereocenters. The Hall–Kier alpha value is -5.69. The number of nitro groups is 1. The summed E-state index contributed by atoms with van der Waals surface area (Å²) >= 11 is 0. The van der Waals surface area contributed by atoms with E-state index in [9.17, 15) is 32.9 Å². The normalized spacial score (nSPS) is 20.1. The summed E-state index contributed by atoms with van der Waals surface area (Å²) in [4.78, 5) is 57.1.